The molecule has 3 aromatic rings. The molecule has 134 valence electrons. The van der Waals surface area contributed by atoms with Gasteiger partial charge in [0.05, 0.1) is 12.6 Å². The lowest BCUT2D eigenvalue weighted by molar-refractivity contribution is 0.0675. The molecule has 1 atom stereocenters. The quantitative estimate of drug-likeness (QED) is 0.700. The number of carbonyl (C=O) groups is 1. The first-order valence-corrected chi connectivity index (χ1v) is 8.33. The van der Waals surface area contributed by atoms with Crippen LogP contribution in [-0.4, -0.2) is 54.0 Å². The summed E-state index contributed by atoms with van der Waals surface area (Å²) in [6.07, 6.45) is 3.24. The topological polar surface area (TPSA) is 91.0 Å². The van der Waals surface area contributed by atoms with Crippen molar-refractivity contribution in [1.29, 1.82) is 0 Å². The van der Waals surface area contributed by atoms with Crippen molar-refractivity contribution in [3.8, 4) is 5.69 Å². The Morgan fingerprint density at radius 2 is 1.92 bits per heavy atom. The Kier molecular flexibility index (Phi) is 4.21. The van der Waals surface area contributed by atoms with E-state index in [0.29, 0.717) is 25.3 Å². The molecule has 0 unspecified atom stereocenters. The molecule has 0 bridgehead atoms. The van der Waals surface area contributed by atoms with Gasteiger partial charge in [-0.05, 0) is 31.2 Å². The highest BCUT2D eigenvalue weighted by Crippen LogP contribution is 2.23. The molecule has 9 nitrogen and oxygen atoms in total. The number of hydrogen-bond donors (Lipinski definition) is 0. The third-order valence-electron chi connectivity index (χ3n) is 4.49. The largest absolute Gasteiger partial charge is 0.377 e. The fourth-order valence-corrected chi connectivity index (χ4v) is 3.29. The molecule has 0 saturated heterocycles. The van der Waals surface area contributed by atoms with Gasteiger partial charge in [-0.1, -0.05) is 0 Å². The van der Waals surface area contributed by atoms with Gasteiger partial charge in [0.25, 0.3) is 5.91 Å². The van der Waals surface area contributed by atoms with Crippen molar-refractivity contribution in [2.75, 3.05) is 13.7 Å². The van der Waals surface area contributed by atoms with Gasteiger partial charge in [-0.2, -0.15) is 0 Å². The summed E-state index contributed by atoms with van der Waals surface area (Å²) in [5.74, 6) is 1.56. The summed E-state index contributed by atoms with van der Waals surface area (Å²) < 4.78 is 9.02. The molecule has 1 amide bonds. The van der Waals surface area contributed by atoms with Crippen molar-refractivity contribution < 1.29 is 9.53 Å². The fourth-order valence-electron chi connectivity index (χ4n) is 3.29. The molecule has 0 fully saturated rings. The third-order valence-corrected chi connectivity index (χ3v) is 4.49. The molecule has 9 heteroatoms. The summed E-state index contributed by atoms with van der Waals surface area (Å²) in [5.41, 5.74) is 1.54. The van der Waals surface area contributed by atoms with Crippen LogP contribution in [0, 0.1) is 0 Å². The van der Waals surface area contributed by atoms with Crippen molar-refractivity contribution in [1.82, 2.24) is 34.4 Å². The van der Waals surface area contributed by atoms with Crippen LogP contribution in [0.25, 0.3) is 5.69 Å². The van der Waals surface area contributed by atoms with Gasteiger partial charge >= 0.3 is 0 Å². The molecule has 1 aromatic carbocycles. The number of fused-ring (bicyclic) bond motifs is 1. The summed E-state index contributed by atoms with van der Waals surface area (Å²) in [6, 6.07) is 7.49. The maximum Gasteiger partial charge on any atom is 0.254 e. The summed E-state index contributed by atoms with van der Waals surface area (Å²) >= 11 is 0. The minimum Gasteiger partial charge on any atom is -0.377 e. The fraction of sp³-hybridized carbons (Fsp3) is 0.353. The minimum absolute atomic E-state index is 0.0188. The highest BCUT2D eigenvalue weighted by molar-refractivity contribution is 5.94. The zero-order valence-corrected chi connectivity index (χ0v) is 14.6. The second kappa shape index (κ2) is 6.68. The van der Waals surface area contributed by atoms with E-state index >= 15 is 0 Å². The monoisotopic (exact) mass is 353 g/mol. The molecular weight excluding hydrogens is 334 g/mol. The van der Waals surface area contributed by atoms with Crippen LogP contribution >= 0.6 is 0 Å². The summed E-state index contributed by atoms with van der Waals surface area (Å²) in [5, 5.41) is 16.0. The third kappa shape index (κ3) is 2.86. The number of aromatic nitrogens is 6. The van der Waals surface area contributed by atoms with Gasteiger partial charge in [0, 0.05) is 24.9 Å². The van der Waals surface area contributed by atoms with E-state index in [2.05, 4.69) is 31.9 Å². The molecule has 1 aliphatic heterocycles. The number of benzene rings is 1. The standard InChI is InChI=1S/C17H19N7O2/c1-12-7-22(8-15-20-21-16(9-26-2)24(12)15)17(25)13-3-5-14(6-4-13)23-10-18-19-11-23/h3-6,10-12H,7-9H2,1-2H3/t12-/m0/s1. The predicted molar refractivity (Wildman–Crippen MR) is 91.5 cm³/mol. The molecule has 0 aliphatic carbocycles. The number of ether oxygens (including phenoxy) is 1. The van der Waals surface area contributed by atoms with E-state index in [1.54, 1.807) is 29.2 Å². The van der Waals surface area contributed by atoms with Crippen LogP contribution in [0.3, 0.4) is 0 Å². The number of carbonyl (C=O) groups excluding carboxylic acids is 1. The summed E-state index contributed by atoms with van der Waals surface area (Å²) in [7, 11) is 1.63. The second-order valence-corrected chi connectivity index (χ2v) is 6.29. The van der Waals surface area contributed by atoms with Crippen molar-refractivity contribution in [2.45, 2.75) is 26.1 Å². The van der Waals surface area contributed by atoms with Gasteiger partial charge in [0.2, 0.25) is 0 Å². The first-order chi connectivity index (χ1) is 12.7. The highest BCUT2D eigenvalue weighted by atomic mass is 16.5. The van der Waals surface area contributed by atoms with Crippen molar-refractivity contribution in [3.63, 3.8) is 0 Å². The molecule has 2 aromatic heterocycles. The average molecular weight is 353 g/mol. The number of methoxy groups -OCH3 is 1. The van der Waals surface area contributed by atoms with Crippen LogP contribution in [0.15, 0.2) is 36.9 Å². The molecule has 1 aliphatic rings. The number of hydrogen-bond acceptors (Lipinski definition) is 6. The molecule has 4 rings (SSSR count). The zero-order chi connectivity index (χ0) is 18.1. The highest BCUT2D eigenvalue weighted by Gasteiger charge is 2.29. The molecule has 26 heavy (non-hydrogen) atoms. The van der Waals surface area contributed by atoms with Crippen LogP contribution in [0.1, 0.15) is 35.0 Å². The van der Waals surface area contributed by atoms with E-state index in [9.17, 15) is 4.79 Å². The van der Waals surface area contributed by atoms with Crippen molar-refractivity contribution >= 4 is 5.91 Å². The Balaban J connectivity index is 1.53. The Labute approximate surface area is 150 Å². The predicted octanol–water partition coefficient (Wildman–Crippen LogP) is 1.22. The van der Waals surface area contributed by atoms with Crippen LogP contribution in [0.4, 0.5) is 0 Å². The van der Waals surface area contributed by atoms with Crippen molar-refractivity contribution in [3.05, 3.63) is 54.1 Å². The lowest BCUT2D eigenvalue weighted by atomic mass is 10.1. The van der Waals surface area contributed by atoms with E-state index in [1.165, 1.54) is 0 Å². The van der Waals surface area contributed by atoms with E-state index in [4.69, 9.17) is 4.74 Å². The maximum absolute atomic E-state index is 12.9. The lowest BCUT2D eigenvalue weighted by Crippen LogP contribution is -2.40. The Bertz CT molecular complexity index is 902. The maximum atomic E-state index is 12.9. The van der Waals surface area contributed by atoms with Crippen molar-refractivity contribution in [2.24, 2.45) is 0 Å². The van der Waals surface area contributed by atoms with Crippen LogP contribution in [-0.2, 0) is 17.9 Å². The molecule has 0 saturated carbocycles. The minimum atomic E-state index is -0.0188. The van der Waals surface area contributed by atoms with E-state index in [0.717, 1.165) is 17.3 Å². The van der Waals surface area contributed by atoms with E-state index < -0.39 is 0 Å². The summed E-state index contributed by atoms with van der Waals surface area (Å²) in [4.78, 5) is 14.7. The van der Waals surface area contributed by atoms with Crippen LogP contribution in [0.2, 0.25) is 0 Å². The first kappa shape index (κ1) is 16.4. The normalized spacial score (nSPS) is 16.5. The van der Waals surface area contributed by atoms with E-state index in [1.807, 2.05) is 24.3 Å². The summed E-state index contributed by atoms with van der Waals surface area (Å²) in [6.45, 7) is 3.51. The Hall–Kier alpha value is -3.07. The Morgan fingerprint density at radius 1 is 1.19 bits per heavy atom. The van der Waals surface area contributed by atoms with Gasteiger partial charge < -0.3 is 14.2 Å². The Morgan fingerprint density at radius 3 is 2.62 bits per heavy atom. The first-order valence-electron chi connectivity index (χ1n) is 8.33. The van der Waals surface area contributed by atoms with Crippen LogP contribution in [0.5, 0.6) is 0 Å². The number of amides is 1. The number of nitrogens with zero attached hydrogens (tertiary/aromatic N) is 7. The van der Waals surface area contributed by atoms with E-state index in [-0.39, 0.29) is 11.9 Å². The van der Waals surface area contributed by atoms with Gasteiger partial charge in [0.1, 0.15) is 19.3 Å². The smallest absolute Gasteiger partial charge is 0.254 e. The molecule has 0 spiro atoms. The van der Waals surface area contributed by atoms with Gasteiger partial charge in [-0.15, -0.1) is 20.4 Å². The molecule has 0 N–H and O–H groups in total. The lowest BCUT2D eigenvalue weighted by Gasteiger charge is -2.32. The molecular formula is C17H19N7O2. The van der Waals surface area contributed by atoms with Crippen LogP contribution < -0.4 is 0 Å². The van der Waals surface area contributed by atoms with Gasteiger partial charge in [-0.3, -0.25) is 9.36 Å². The molecule has 3 heterocycles. The number of rotatable bonds is 4. The van der Waals surface area contributed by atoms with Gasteiger partial charge in [-0.25, -0.2) is 0 Å². The average Bonchev–Trinajstić information content (AvgIpc) is 3.32. The SMILES string of the molecule is COCc1nnc2n1[C@@H](C)CN(C(=O)c1ccc(-n3cnnc3)cc1)C2. The van der Waals surface area contributed by atoms with Gasteiger partial charge in [0.15, 0.2) is 11.6 Å². The molecule has 0 radical (unpaired) electrons. The zero-order valence-electron chi connectivity index (χ0n) is 14.6. The second-order valence-electron chi connectivity index (χ2n) is 6.29.